The first-order chi connectivity index (χ1) is 13.0. The molecule has 2 aliphatic heterocycles. The first-order valence-electron chi connectivity index (χ1n) is 9.18. The zero-order valence-electron chi connectivity index (χ0n) is 15.2. The molecule has 0 saturated carbocycles. The van der Waals surface area contributed by atoms with Crippen molar-refractivity contribution in [1.29, 1.82) is 0 Å². The molecule has 1 fully saturated rings. The van der Waals surface area contributed by atoms with E-state index in [9.17, 15) is 9.59 Å². The van der Waals surface area contributed by atoms with Crippen LogP contribution in [0, 0.1) is 0 Å². The van der Waals surface area contributed by atoms with Crippen LogP contribution in [-0.4, -0.2) is 51.2 Å². The summed E-state index contributed by atoms with van der Waals surface area (Å²) in [6, 6.07) is 7.31. The standard InChI is InChI=1S/C19H22BrN5O2/c1-23-16-8-11-25(19(27)21-14-6-4-13(20)5-7-14)12-15(16)17(22-23)18(26)24-9-2-3-10-24/h4-7H,2-3,8-12H2,1H3,(H,21,27). The fraction of sp³-hybridized carbons (Fsp3) is 0.421. The fourth-order valence-corrected chi connectivity index (χ4v) is 4.01. The maximum atomic E-state index is 12.9. The number of carbonyl (C=O) groups is 2. The van der Waals surface area contributed by atoms with Gasteiger partial charge in [-0.3, -0.25) is 9.48 Å². The van der Waals surface area contributed by atoms with E-state index < -0.39 is 0 Å². The Labute approximate surface area is 166 Å². The summed E-state index contributed by atoms with van der Waals surface area (Å²) in [4.78, 5) is 29.2. The van der Waals surface area contributed by atoms with Crippen molar-refractivity contribution < 1.29 is 9.59 Å². The van der Waals surface area contributed by atoms with Gasteiger partial charge in [-0.15, -0.1) is 0 Å². The molecule has 3 heterocycles. The Bertz CT molecular complexity index is 871. The molecule has 2 aliphatic rings. The average molecular weight is 432 g/mol. The quantitative estimate of drug-likeness (QED) is 0.794. The maximum absolute atomic E-state index is 12.9. The van der Waals surface area contributed by atoms with Gasteiger partial charge >= 0.3 is 6.03 Å². The molecule has 0 atom stereocenters. The van der Waals surface area contributed by atoms with Gasteiger partial charge in [0, 0.05) is 54.5 Å². The molecule has 0 aliphatic carbocycles. The van der Waals surface area contributed by atoms with Crippen LogP contribution in [0.15, 0.2) is 28.7 Å². The number of aromatic nitrogens is 2. The molecule has 3 amide bonds. The predicted molar refractivity (Wildman–Crippen MR) is 106 cm³/mol. The van der Waals surface area contributed by atoms with Gasteiger partial charge in [0.05, 0.1) is 6.54 Å². The Kier molecular flexibility index (Phi) is 4.90. The van der Waals surface area contributed by atoms with Crippen LogP contribution in [-0.2, 0) is 20.0 Å². The SMILES string of the molecule is Cn1nc(C(=O)N2CCCC2)c2c1CCN(C(=O)Nc1ccc(Br)cc1)C2. The number of fused-ring (bicyclic) bond motifs is 1. The molecular formula is C19H22BrN5O2. The third-order valence-electron chi connectivity index (χ3n) is 5.22. The predicted octanol–water partition coefficient (Wildman–Crippen LogP) is 3.01. The molecule has 1 saturated heterocycles. The number of amides is 3. The van der Waals surface area contributed by atoms with Crippen molar-refractivity contribution in [3.05, 3.63) is 45.7 Å². The third-order valence-corrected chi connectivity index (χ3v) is 5.75. The molecule has 2 aromatic rings. The summed E-state index contributed by atoms with van der Waals surface area (Å²) in [5.74, 6) is -0.0143. The van der Waals surface area contributed by atoms with Gasteiger partial charge in [-0.2, -0.15) is 5.10 Å². The van der Waals surface area contributed by atoms with Gasteiger partial charge < -0.3 is 15.1 Å². The monoisotopic (exact) mass is 431 g/mol. The summed E-state index contributed by atoms with van der Waals surface area (Å²) < 4.78 is 2.76. The summed E-state index contributed by atoms with van der Waals surface area (Å²) in [7, 11) is 1.87. The van der Waals surface area contributed by atoms with Crippen LogP contribution in [0.5, 0.6) is 0 Å². The number of carbonyl (C=O) groups excluding carboxylic acids is 2. The van der Waals surface area contributed by atoms with E-state index in [1.165, 1.54) is 0 Å². The number of urea groups is 1. The molecule has 0 unspecified atom stereocenters. The van der Waals surface area contributed by atoms with Crippen LogP contribution in [0.1, 0.15) is 34.6 Å². The van der Waals surface area contributed by atoms with Crippen molar-refractivity contribution in [2.45, 2.75) is 25.8 Å². The van der Waals surface area contributed by atoms with E-state index in [2.05, 4.69) is 26.3 Å². The van der Waals surface area contributed by atoms with E-state index in [0.29, 0.717) is 25.2 Å². The van der Waals surface area contributed by atoms with Gasteiger partial charge in [-0.25, -0.2) is 4.79 Å². The number of nitrogens with zero attached hydrogens (tertiary/aromatic N) is 4. The van der Waals surface area contributed by atoms with E-state index in [0.717, 1.165) is 47.3 Å². The zero-order chi connectivity index (χ0) is 19.0. The van der Waals surface area contributed by atoms with Gasteiger partial charge in [0.25, 0.3) is 5.91 Å². The highest BCUT2D eigenvalue weighted by atomic mass is 79.9. The number of anilines is 1. The van der Waals surface area contributed by atoms with Crippen molar-refractivity contribution in [3.8, 4) is 0 Å². The summed E-state index contributed by atoms with van der Waals surface area (Å²) in [5, 5.41) is 7.41. The molecule has 0 radical (unpaired) electrons. The van der Waals surface area contributed by atoms with Crippen molar-refractivity contribution in [1.82, 2.24) is 19.6 Å². The minimum absolute atomic E-state index is 0.0143. The molecule has 0 bridgehead atoms. The van der Waals surface area contributed by atoms with E-state index in [4.69, 9.17) is 0 Å². The highest BCUT2D eigenvalue weighted by molar-refractivity contribution is 9.10. The van der Waals surface area contributed by atoms with E-state index >= 15 is 0 Å². The molecule has 142 valence electrons. The normalized spacial score (nSPS) is 16.4. The lowest BCUT2D eigenvalue weighted by molar-refractivity contribution is 0.0784. The second-order valence-corrected chi connectivity index (χ2v) is 7.92. The van der Waals surface area contributed by atoms with Crippen molar-refractivity contribution in [2.75, 3.05) is 25.0 Å². The van der Waals surface area contributed by atoms with Crippen molar-refractivity contribution in [2.24, 2.45) is 7.05 Å². The third kappa shape index (κ3) is 3.58. The molecule has 1 aromatic carbocycles. The molecule has 0 spiro atoms. The molecular weight excluding hydrogens is 410 g/mol. The second-order valence-electron chi connectivity index (χ2n) is 7.01. The van der Waals surface area contributed by atoms with Crippen molar-refractivity contribution in [3.63, 3.8) is 0 Å². The summed E-state index contributed by atoms with van der Waals surface area (Å²) in [6.45, 7) is 2.59. The topological polar surface area (TPSA) is 70.5 Å². The summed E-state index contributed by atoms with van der Waals surface area (Å²) in [6.07, 6.45) is 2.78. The number of hydrogen-bond donors (Lipinski definition) is 1. The summed E-state index contributed by atoms with van der Waals surface area (Å²) in [5.41, 5.74) is 3.17. The van der Waals surface area contributed by atoms with Crippen LogP contribution >= 0.6 is 15.9 Å². The molecule has 1 aromatic heterocycles. The molecule has 4 rings (SSSR count). The Hall–Kier alpha value is -2.35. The largest absolute Gasteiger partial charge is 0.337 e. The first kappa shape index (κ1) is 18.0. The van der Waals surface area contributed by atoms with Gasteiger partial charge in [-0.1, -0.05) is 15.9 Å². The number of hydrogen-bond acceptors (Lipinski definition) is 3. The summed E-state index contributed by atoms with van der Waals surface area (Å²) >= 11 is 3.39. The van der Waals surface area contributed by atoms with Crippen LogP contribution in [0.25, 0.3) is 0 Å². The lowest BCUT2D eigenvalue weighted by atomic mass is 10.0. The number of likely N-dealkylation sites (tertiary alicyclic amines) is 1. The Morgan fingerprint density at radius 2 is 1.78 bits per heavy atom. The van der Waals surface area contributed by atoms with Gasteiger partial charge in [0.2, 0.25) is 0 Å². The van der Waals surface area contributed by atoms with E-state index in [-0.39, 0.29) is 11.9 Å². The number of benzene rings is 1. The van der Waals surface area contributed by atoms with Crippen LogP contribution in [0.3, 0.4) is 0 Å². The highest BCUT2D eigenvalue weighted by Crippen LogP contribution is 2.25. The minimum atomic E-state index is -0.161. The van der Waals surface area contributed by atoms with Crippen LogP contribution in [0.4, 0.5) is 10.5 Å². The number of aryl methyl sites for hydroxylation is 1. The minimum Gasteiger partial charge on any atom is -0.337 e. The Morgan fingerprint density at radius 1 is 1.07 bits per heavy atom. The van der Waals surface area contributed by atoms with Gasteiger partial charge in [-0.05, 0) is 37.1 Å². The van der Waals surface area contributed by atoms with Crippen LogP contribution in [0.2, 0.25) is 0 Å². The number of rotatable bonds is 2. The lowest BCUT2D eigenvalue weighted by Gasteiger charge is -2.28. The maximum Gasteiger partial charge on any atom is 0.322 e. The van der Waals surface area contributed by atoms with E-state index in [1.807, 2.05) is 36.2 Å². The lowest BCUT2D eigenvalue weighted by Crippen LogP contribution is -2.40. The number of halogens is 1. The molecule has 8 heteroatoms. The average Bonchev–Trinajstić information content (AvgIpc) is 3.31. The second kappa shape index (κ2) is 7.34. The van der Waals surface area contributed by atoms with E-state index in [1.54, 1.807) is 9.58 Å². The van der Waals surface area contributed by atoms with Crippen molar-refractivity contribution >= 4 is 33.6 Å². The number of nitrogens with one attached hydrogen (secondary N) is 1. The molecule has 27 heavy (non-hydrogen) atoms. The molecule has 7 nitrogen and oxygen atoms in total. The molecule has 1 N–H and O–H groups in total. The van der Waals surface area contributed by atoms with Gasteiger partial charge in [0.1, 0.15) is 0 Å². The highest BCUT2D eigenvalue weighted by Gasteiger charge is 2.31. The Balaban J connectivity index is 1.52. The Morgan fingerprint density at radius 3 is 2.48 bits per heavy atom. The van der Waals surface area contributed by atoms with Gasteiger partial charge in [0.15, 0.2) is 5.69 Å². The first-order valence-corrected chi connectivity index (χ1v) is 9.98. The smallest absolute Gasteiger partial charge is 0.322 e. The van der Waals surface area contributed by atoms with Crippen LogP contribution < -0.4 is 5.32 Å². The fourth-order valence-electron chi connectivity index (χ4n) is 3.74. The zero-order valence-corrected chi connectivity index (χ0v) is 16.8.